The molecule has 2 rings (SSSR count). The smallest absolute Gasteiger partial charge is 0.256 e. The summed E-state index contributed by atoms with van der Waals surface area (Å²) in [5.41, 5.74) is 0. The van der Waals surface area contributed by atoms with Crippen LogP contribution in [0.4, 0.5) is 5.95 Å². The predicted molar refractivity (Wildman–Crippen MR) is 76.2 cm³/mol. The molecular formula is C12H17ClN6O. The average molecular weight is 297 g/mol. The zero-order valence-electron chi connectivity index (χ0n) is 11.3. The maximum absolute atomic E-state index is 8.75. The highest BCUT2D eigenvalue weighted by molar-refractivity contribution is 6.28. The van der Waals surface area contributed by atoms with Crippen molar-refractivity contribution in [1.29, 1.82) is 0 Å². The van der Waals surface area contributed by atoms with Crippen molar-refractivity contribution < 1.29 is 5.11 Å². The lowest BCUT2D eigenvalue weighted by molar-refractivity contribution is 0.283. The van der Waals surface area contributed by atoms with Gasteiger partial charge in [-0.3, -0.25) is 0 Å². The molecule has 0 saturated carbocycles. The SMILES string of the molecule is CN(CCCCCO)c1nc(Cl)nc(-n2cccn2)n1. The van der Waals surface area contributed by atoms with Crippen LogP contribution in [0.25, 0.3) is 5.95 Å². The van der Waals surface area contributed by atoms with E-state index in [9.17, 15) is 0 Å². The number of halogens is 1. The van der Waals surface area contributed by atoms with Crippen molar-refractivity contribution in [3.63, 3.8) is 0 Å². The fourth-order valence-corrected chi connectivity index (χ4v) is 1.88. The molecule has 1 N–H and O–H groups in total. The maximum atomic E-state index is 8.75. The first-order valence-corrected chi connectivity index (χ1v) is 6.82. The van der Waals surface area contributed by atoms with E-state index in [0.29, 0.717) is 11.9 Å². The van der Waals surface area contributed by atoms with Crippen LogP contribution < -0.4 is 4.90 Å². The first-order valence-electron chi connectivity index (χ1n) is 6.44. The van der Waals surface area contributed by atoms with E-state index in [1.807, 2.05) is 11.9 Å². The second-order valence-corrected chi connectivity index (χ2v) is 4.70. The van der Waals surface area contributed by atoms with Crippen LogP contribution in [0.1, 0.15) is 19.3 Å². The number of unbranched alkanes of at least 4 members (excludes halogenated alkanes) is 2. The number of aliphatic hydroxyl groups excluding tert-OH is 1. The van der Waals surface area contributed by atoms with Crippen LogP contribution in [0, 0.1) is 0 Å². The standard InChI is InChI=1S/C12H17ClN6O/c1-18(7-3-2-4-9-20)11-15-10(13)16-12(17-11)19-8-5-6-14-19/h5-6,8,20H,2-4,7,9H2,1H3. The van der Waals surface area contributed by atoms with Crippen molar-refractivity contribution in [3.05, 3.63) is 23.7 Å². The minimum absolute atomic E-state index is 0.141. The summed E-state index contributed by atoms with van der Waals surface area (Å²) in [5, 5.41) is 13.0. The summed E-state index contributed by atoms with van der Waals surface area (Å²) in [4.78, 5) is 14.4. The third-order valence-corrected chi connectivity index (χ3v) is 2.96. The van der Waals surface area contributed by atoms with Gasteiger partial charge in [-0.05, 0) is 36.9 Å². The summed E-state index contributed by atoms with van der Waals surface area (Å²) in [6.07, 6.45) is 6.13. The largest absolute Gasteiger partial charge is 0.396 e. The van der Waals surface area contributed by atoms with E-state index in [-0.39, 0.29) is 11.9 Å². The number of hydrogen-bond acceptors (Lipinski definition) is 6. The Morgan fingerprint density at radius 1 is 1.25 bits per heavy atom. The summed E-state index contributed by atoms with van der Waals surface area (Å²) in [6.45, 7) is 1.02. The molecule has 0 bridgehead atoms. The van der Waals surface area contributed by atoms with Gasteiger partial charge in [-0.15, -0.1) is 0 Å². The summed E-state index contributed by atoms with van der Waals surface area (Å²) < 4.78 is 1.54. The van der Waals surface area contributed by atoms with Crippen molar-refractivity contribution >= 4 is 17.5 Å². The topological polar surface area (TPSA) is 80.0 Å². The Balaban J connectivity index is 2.07. The Hall–Kier alpha value is -1.73. The molecule has 0 saturated heterocycles. The Bertz CT molecular complexity index is 533. The van der Waals surface area contributed by atoms with Gasteiger partial charge < -0.3 is 10.0 Å². The quantitative estimate of drug-likeness (QED) is 0.776. The van der Waals surface area contributed by atoms with E-state index in [2.05, 4.69) is 20.1 Å². The van der Waals surface area contributed by atoms with E-state index >= 15 is 0 Å². The van der Waals surface area contributed by atoms with Gasteiger partial charge in [0.2, 0.25) is 11.2 Å². The minimum Gasteiger partial charge on any atom is -0.396 e. The highest BCUT2D eigenvalue weighted by Crippen LogP contribution is 2.12. The van der Waals surface area contributed by atoms with E-state index in [1.54, 1.807) is 18.5 Å². The summed E-state index contributed by atoms with van der Waals surface area (Å²) >= 11 is 5.93. The Kier molecular flexibility index (Phi) is 5.25. The molecule has 8 heteroatoms. The fourth-order valence-electron chi connectivity index (χ4n) is 1.73. The Labute approximate surface area is 122 Å². The normalized spacial score (nSPS) is 10.8. The molecule has 20 heavy (non-hydrogen) atoms. The third kappa shape index (κ3) is 3.88. The zero-order chi connectivity index (χ0) is 14.4. The van der Waals surface area contributed by atoms with Crippen molar-refractivity contribution in [1.82, 2.24) is 24.7 Å². The number of anilines is 1. The summed E-state index contributed by atoms with van der Waals surface area (Å²) in [5.74, 6) is 0.909. The van der Waals surface area contributed by atoms with Crippen LogP contribution >= 0.6 is 11.6 Å². The molecule has 0 atom stereocenters. The number of aliphatic hydroxyl groups is 1. The number of rotatable bonds is 7. The Morgan fingerprint density at radius 2 is 2.10 bits per heavy atom. The van der Waals surface area contributed by atoms with Gasteiger partial charge >= 0.3 is 0 Å². The van der Waals surface area contributed by atoms with E-state index < -0.39 is 0 Å². The molecule has 2 aromatic heterocycles. The zero-order valence-corrected chi connectivity index (χ0v) is 12.0. The van der Waals surface area contributed by atoms with Crippen molar-refractivity contribution in [2.24, 2.45) is 0 Å². The maximum Gasteiger partial charge on any atom is 0.256 e. The molecule has 7 nitrogen and oxygen atoms in total. The van der Waals surface area contributed by atoms with Crippen molar-refractivity contribution in [2.75, 3.05) is 25.1 Å². The number of aromatic nitrogens is 5. The van der Waals surface area contributed by atoms with Crippen LogP contribution in [0.15, 0.2) is 18.5 Å². The third-order valence-electron chi connectivity index (χ3n) is 2.79. The molecule has 0 spiro atoms. The molecule has 0 unspecified atom stereocenters. The molecule has 0 aliphatic carbocycles. The highest BCUT2D eigenvalue weighted by atomic mass is 35.5. The van der Waals surface area contributed by atoms with Gasteiger partial charge in [0.25, 0.3) is 5.95 Å². The average Bonchev–Trinajstić information content (AvgIpc) is 2.97. The fraction of sp³-hybridized carbons (Fsp3) is 0.500. The van der Waals surface area contributed by atoms with E-state index in [0.717, 1.165) is 25.8 Å². The minimum atomic E-state index is 0.141. The van der Waals surface area contributed by atoms with Gasteiger partial charge in [-0.25, -0.2) is 4.68 Å². The van der Waals surface area contributed by atoms with Crippen molar-refractivity contribution in [3.8, 4) is 5.95 Å². The first kappa shape index (κ1) is 14.7. The molecule has 0 aromatic carbocycles. The molecule has 108 valence electrons. The van der Waals surface area contributed by atoms with E-state index in [1.165, 1.54) is 4.68 Å². The van der Waals surface area contributed by atoms with Gasteiger partial charge in [0, 0.05) is 32.6 Å². The van der Waals surface area contributed by atoms with Gasteiger partial charge in [-0.1, -0.05) is 0 Å². The van der Waals surface area contributed by atoms with Crippen LogP contribution in [0.3, 0.4) is 0 Å². The lowest BCUT2D eigenvalue weighted by Crippen LogP contribution is -2.22. The second-order valence-electron chi connectivity index (χ2n) is 4.36. The number of hydrogen-bond donors (Lipinski definition) is 1. The van der Waals surface area contributed by atoms with E-state index in [4.69, 9.17) is 16.7 Å². The monoisotopic (exact) mass is 296 g/mol. The first-order chi connectivity index (χ1) is 9.70. The molecule has 2 heterocycles. The van der Waals surface area contributed by atoms with Crippen LogP contribution in [-0.4, -0.2) is 50.0 Å². The molecule has 0 fully saturated rings. The predicted octanol–water partition coefficient (Wildman–Crippen LogP) is 1.31. The van der Waals surface area contributed by atoms with Gasteiger partial charge in [0.15, 0.2) is 0 Å². The highest BCUT2D eigenvalue weighted by Gasteiger charge is 2.10. The number of nitrogens with zero attached hydrogens (tertiary/aromatic N) is 6. The lowest BCUT2D eigenvalue weighted by atomic mass is 10.2. The molecule has 2 aromatic rings. The molecule has 0 aliphatic rings. The van der Waals surface area contributed by atoms with Crippen LogP contribution in [0.5, 0.6) is 0 Å². The Morgan fingerprint density at radius 3 is 2.80 bits per heavy atom. The molecule has 0 amide bonds. The second kappa shape index (κ2) is 7.16. The molecule has 0 radical (unpaired) electrons. The molecule has 0 aliphatic heterocycles. The summed E-state index contributed by atoms with van der Waals surface area (Å²) in [6, 6.07) is 1.79. The van der Waals surface area contributed by atoms with Gasteiger partial charge in [0.1, 0.15) is 0 Å². The van der Waals surface area contributed by atoms with Gasteiger partial charge in [-0.2, -0.15) is 20.1 Å². The lowest BCUT2D eigenvalue weighted by Gasteiger charge is -2.17. The van der Waals surface area contributed by atoms with Crippen LogP contribution in [-0.2, 0) is 0 Å². The molecular weight excluding hydrogens is 280 g/mol. The summed E-state index contributed by atoms with van der Waals surface area (Å²) in [7, 11) is 1.90. The van der Waals surface area contributed by atoms with Gasteiger partial charge in [0.05, 0.1) is 0 Å². The van der Waals surface area contributed by atoms with Crippen molar-refractivity contribution in [2.45, 2.75) is 19.3 Å². The van der Waals surface area contributed by atoms with Crippen LogP contribution in [0.2, 0.25) is 5.28 Å².